The molecule has 2 aromatic carbocycles. The minimum Gasteiger partial charge on any atom is -0.463 e. The van der Waals surface area contributed by atoms with Crippen LogP contribution in [-0.2, 0) is 15.7 Å². The highest BCUT2D eigenvalue weighted by Gasteiger charge is 2.30. The third kappa shape index (κ3) is 5.26. The molecular formula is C20H22F3N3O2. The van der Waals surface area contributed by atoms with E-state index in [1.807, 2.05) is 0 Å². The Kier molecular flexibility index (Phi) is 6.69. The first-order valence-corrected chi connectivity index (χ1v) is 8.56. The Balaban J connectivity index is 2.42. The van der Waals surface area contributed by atoms with Crippen molar-refractivity contribution in [3.63, 3.8) is 0 Å². The zero-order chi connectivity index (χ0) is 20.9. The third-order valence-electron chi connectivity index (χ3n) is 4.03. The molecule has 0 saturated carbocycles. The van der Waals surface area contributed by atoms with E-state index in [0.717, 1.165) is 12.1 Å². The number of benzene rings is 2. The van der Waals surface area contributed by atoms with Gasteiger partial charge >= 0.3 is 12.1 Å². The van der Waals surface area contributed by atoms with Gasteiger partial charge in [0.2, 0.25) is 0 Å². The normalized spacial score (nSPS) is 13.5. The number of nitrogens with one attached hydrogen (secondary N) is 1. The molecule has 0 aliphatic heterocycles. The molecule has 0 heterocycles. The molecule has 150 valence electrons. The molecule has 0 aliphatic carbocycles. The average molecular weight is 393 g/mol. The Morgan fingerprint density at radius 3 is 2.39 bits per heavy atom. The Morgan fingerprint density at radius 1 is 1.18 bits per heavy atom. The Hall–Kier alpha value is -3.00. The average Bonchev–Trinajstić information content (AvgIpc) is 2.62. The van der Waals surface area contributed by atoms with Gasteiger partial charge in [0.15, 0.2) is 0 Å². The molecule has 2 rings (SSSR count). The van der Waals surface area contributed by atoms with Crippen LogP contribution in [0.3, 0.4) is 0 Å². The number of anilines is 2. The largest absolute Gasteiger partial charge is 0.463 e. The molecule has 2 aromatic rings. The summed E-state index contributed by atoms with van der Waals surface area (Å²) in [7, 11) is 0. The van der Waals surface area contributed by atoms with E-state index in [9.17, 15) is 18.0 Å². The maximum Gasteiger partial charge on any atom is 0.416 e. The predicted octanol–water partition coefficient (Wildman–Crippen LogP) is 4.24. The Labute approximate surface area is 161 Å². The lowest BCUT2D eigenvalue weighted by Gasteiger charge is -2.20. The summed E-state index contributed by atoms with van der Waals surface area (Å²) in [6, 6.07) is 10.5. The van der Waals surface area contributed by atoms with E-state index in [1.165, 1.54) is 12.1 Å². The molecule has 5 nitrogen and oxygen atoms in total. The SMILES string of the molecule is CCOC(=O)/C(=C(\C)Nc1cccc(C(F)(F)F)c1)C(N)c1ccc(N)cc1. The van der Waals surface area contributed by atoms with Crippen molar-refractivity contribution in [2.75, 3.05) is 17.7 Å². The van der Waals surface area contributed by atoms with Crippen molar-refractivity contribution in [1.29, 1.82) is 0 Å². The van der Waals surface area contributed by atoms with Crippen molar-refractivity contribution in [3.05, 3.63) is 70.9 Å². The highest BCUT2D eigenvalue weighted by atomic mass is 19.4. The molecule has 1 atom stereocenters. The summed E-state index contributed by atoms with van der Waals surface area (Å²) in [6.45, 7) is 3.34. The molecule has 8 heteroatoms. The number of hydrogen-bond donors (Lipinski definition) is 3. The predicted molar refractivity (Wildman–Crippen MR) is 102 cm³/mol. The number of nitrogens with two attached hydrogens (primary N) is 2. The fourth-order valence-electron chi connectivity index (χ4n) is 2.65. The molecule has 0 radical (unpaired) electrons. The quantitative estimate of drug-likeness (QED) is 0.388. The van der Waals surface area contributed by atoms with Crippen molar-refractivity contribution >= 4 is 17.3 Å². The lowest BCUT2D eigenvalue weighted by molar-refractivity contribution is -0.139. The van der Waals surface area contributed by atoms with Crippen molar-refractivity contribution in [1.82, 2.24) is 0 Å². The number of alkyl halides is 3. The molecule has 0 aliphatic rings. The number of nitrogen functional groups attached to an aromatic ring is 1. The third-order valence-corrected chi connectivity index (χ3v) is 4.03. The number of carbonyl (C=O) groups is 1. The summed E-state index contributed by atoms with van der Waals surface area (Å²) in [5.74, 6) is -0.649. The molecule has 0 aromatic heterocycles. The molecule has 0 saturated heterocycles. The summed E-state index contributed by atoms with van der Waals surface area (Å²) in [6.07, 6.45) is -4.47. The highest BCUT2D eigenvalue weighted by Crippen LogP contribution is 2.31. The summed E-state index contributed by atoms with van der Waals surface area (Å²) >= 11 is 0. The second-order valence-corrected chi connectivity index (χ2v) is 6.11. The topological polar surface area (TPSA) is 90.4 Å². The van der Waals surface area contributed by atoms with Gasteiger partial charge in [0.1, 0.15) is 0 Å². The summed E-state index contributed by atoms with van der Waals surface area (Å²) in [5.41, 5.74) is 12.9. The number of rotatable bonds is 6. The number of ether oxygens (including phenoxy) is 1. The Morgan fingerprint density at radius 2 is 1.82 bits per heavy atom. The second-order valence-electron chi connectivity index (χ2n) is 6.11. The number of hydrogen-bond acceptors (Lipinski definition) is 5. The fourth-order valence-corrected chi connectivity index (χ4v) is 2.65. The molecule has 28 heavy (non-hydrogen) atoms. The van der Waals surface area contributed by atoms with Crippen LogP contribution in [0.4, 0.5) is 24.5 Å². The van der Waals surface area contributed by atoms with Crippen molar-refractivity contribution in [3.8, 4) is 0 Å². The second kappa shape index (κ2) is 8.79. The number of carbonyl (C=O) groups excluding carboxylic acids is 1. The van der Waals surface area contributed by atoms with Crippen LogP contribution in [0.15, 0.2) is 59.8 Å². The molecule has 5 N–H and O–H groups in total. The lowest BCUT2D eigenvalue weighted by atomic mass is 9.97. The van der Waals surface area contributed by atoms with E-state index >= 15 is 0 Å². The van der Waals surface area contributed by atoms with Gasteiger partial charge in [-0.2, -0.15) is 13.2 Å². The monoisotopic (exact) mass is 393 g/mol. The van der Waals surface area contributed by atoms with E-state index in [2.05, 4.69) is 5.32 Å². The van der Waals surface area contributed by atoms with Gasteiger partial charge in [-0.3, -0.25) is 0 Å². The zero-order valence-corrected chi connectivity index (χ0v) is 15.5. The minimum atomic E-state index is -4.47. The van der Waals surface area contributed by atoms with Gasteiger partial charge in [-0.15, -0.1) is 0 Å². The van der Waals surface area contributed by atoms with Crippen molar-refractivity contribution in [2.45, 2.75) is 26.1 Å². The molecule has 0 fully saturated rings. The van der Waals surface area contributed by atoms with Crippen LogP contribution in [0.2, 0.25) is 0 Å². The van der Waals surface area contributed by atoms with E-state index in [1.54, 1.807) is 38.1 Å². The van der Waals surface area contributed by atoms with Crippen LogP contribution in [0, 0.1) is 0 Å². The van der Waals surface area contributed by atoms with Crippen LogP contribution in [0.25, 0.3) is 0 Å². The molecule has 0 bridgehead atoms. The first-order valence-electron chi connectivity index (χ1n) is 8.56. The van der Waals surface area contributed by atoms with Gasteiger partial charge in [0.25, 0.3) is 0 Å². The van der Waals surface area contributed by atoms with Crippen LogP contribution in [-0.4, -0.2) is 12.6 Å². The number of allylic oxidation sites excluding steroid dienone is 1. The molecule has 0 amide bonds. The highest BCUT2D eigenvalue weighted by molar-refractivity contribution is 5.91. The van der Waals surface area contributed by atoms with E-state index in [0.29, 0.717) is 16.9 Å². The van der Waals surface area contributed by atoms with Gasteiger partial charge in [0, 0.05) is 17.1 Å². The first kappa shape index (κ1) is 21.3. The smallest absolute Gasteiger partial charge is 0.416 e. The van der Waals surface area contributed by atoms with E-state index in [-0.39, 0.29) is 17.9 Å². The van der Waals surface area contributed by atoms with E-state index < -0.39 is 23.8 Å². The van der Waals surface area contributed by atoms with Gasteiger partial charge < -0.3 is 21.5 Å². The minimum absolute atomic E-state index is 0.115. The summed E-state index contributed by atoms with van der Waals surface area (Å²) in [4.78, 5) is 12.5. The first-order chi connectivity index (χ1) is 13.1. The Bertz CT molecular complexity index is 862. The van der Waals surface area contributed by atoms with Gasteiger partial charge in [-0.1, -0.05) is 18.2 Å². The van der Waals surface area contributed by atoms with Gasteiger partial charge in [0.05, 0.1) is 23.8 Å². The summed E-state index contributed by atoms with van der Waals surface area (Å²) in [5, 5.41) is 2.83. The molecule has 0 spiro atoms. The molecule has 1 unspecified atom stereocenters. The number of esters is 1. The van der Waals surface area contributed by atoms with Crippen LogP contribution < -0.4 is 16.8 Å². The maximum atomic E-state index is 12.9. The van der Waals surface area contributed by atoms with Gasteiger partial charge in [-0.25, -0.2) is 4.79 Å². The van der Waals surface area contributed by atoms with Crippen LogP contribution in [0.5, 0.6) is 0 Å². The van der Waals surface area contributed by atoms with Gasteiger partial charge in [-0.05, 0) is 49.7 Å². The van der Waals surface area contributed by atoms with Crippen LogP contribution >= 0.6 is 0 Å². The lowest BCUT2D eigenvalue weighted by Crippen LogP contribution is -2.24. The molecular weight excluding hydrogens is 371 g/mol. The maximum absolute atomic E-state index is 12.9. The van der Waals surface area contributed by atoms with Crippen molar-refractivity contribution < 1.29 is 22.7 Å². The zero-order valence-electron chi connectivity index (χ0n) is 15.5. The van der Waals surface area contributed by atoms with Crippen molar-refractivity contribution in [2.24, 2.45) is 5.73 Å². The number of halogens is 3. The fraction of sp³-hybridized carbons (Fsp3) is 0.250. The van der Waals surface area contributed by atoms with Crippen LogP contribution in [0.1, 0.15) is 31.0 Å². The standard InChI is InChI=1S/C20H22F3N3O2/c1-3-28-19(27)17(18(25)13-7-9-15(24)10-8-13)12(2)26-16-6-4-5-14(11-16)20(21,22)23/h4-11,18,26H,3,24-25H2,1-2H3/b17-12+. The summed E-state index contributed by atoms with van der Waals surface area (Å²) < 4.78 is 43.9. The van der Waals surface area contributed by atoms with E-state index in [4.69, 9.17) is 16.2 Å².